The van der Waals surface area contributed by atoms with Crippen molar-refractivity contribution in [3.8, 4) is 11.5 Å². The van der Waals surface area contributed by atoms with Gasteiger partial charge in [0, 0.05) is 177 Å². The van der Waals surface area contributed by atoms with E-state index < -0.39 is 0 Å². The Labute approximate surface area is 819 Å². The van der Waals surface area contributed by atoms with Crippen molar-refractivity contribution in [3.05, 3.63) is 306 Å². The molecule has 0 radical (unpaired) electrons. The van der Waals surface area contributed by atoms with Gasteiger partial charge in [0.2, 0.25) is 47.4 Å². The van der Waals surface area contributed by atoms with E-state index >= 15 is 0 Å². The van der Waals surface area contributed by atoms with Crippen LogP contribution < -0.4 is 73.3 Å². The maximum Gasteiger partial charge on any atom is 0.247 e. The molecule has 0 aliphatic rings. The summed E-state index contributed by atoms with van der Waals surface area (Å²) in [5, 5.41) is 42.6. The topological polar surface area (TPSA) is 419 Å². The minimum atomic E-state index is -0.284. The third kappa shape index (κ3) is 26.5. The molecular weight excluding hydrogens is 1790 g/mol. The van der Waals surface area contributed by atoms with Crippen LogP contribution in [-0.4, -0.2) is 207 Å². The van der Waals surface area contributed by atoms with E-state index in [1.807, 2.05) is 136 Å². The van der Waals surface area contributed by atoms with Gasteiger partial charge in [-0.2, -0.15) is 29.9 Å². The number of fused-ring (bicyclic) bond motifs is 6. The summed E-state index contributed by atoms with van der Waals surface area (Å²) in [5.74, 6) is 3.76. The summed E-state index contributed by atoms with van der Waals surface area (Å²) < 4.78 is 17.6. The molecule has 4 amide bonds. The van der Waals surface area contributed by atoms with E-state index in [4.69, 9.17) is 19.4 Å². The Balaban J connectivity index is 0.000000143. The zero-order chi connectivity index (χ0) is 99.7. The molecule has 0 bridgehead atoms. The van der Waals surface area contributed by atoms with E-state index in [9.17, 15) is 19.2 Å². The number of H-pyrrole nitrogens is 2. The predicted molar refractivity (Wildman–Crippen MR) is 571 cm³/mol. The molecule has 0 aliphatic carbocycles. The fourth-order valence-electron chi connectivity index (χ4n) is 14.9. The Morgan fingerprint density at radius 1 is 0.352 bits per heavy atom. The second-order valence-corrected chi connectivity index (χ2v) is 33.7. The molecule has 0 unspecified atom stereocenters. The van der Waals surface area contributed by atoms with Gasteiger partial charge in [-0.3, -0.25) is 24.2 Å². The second-order valence-electron chi connectivity index (χ2n) is 33.7. The van der Waals surface area contributed by atoms with E-state index in [0.29, 0.717) is 98.1 Å². The number of hydrogen-bond donors (Lipinski definition) is 14. The Hall–Kier alpha value is -18.2. The number of benzene rings is 8. The monoisotopic (exact) mass is 1900 g/mol. The van der Waals surface area contributed by atoms with E-state index in [-0.39, 0.29) is 23.6 Å². The lowest BCUT2D eigenvalue weighted by Crippen LogP contribution is -2.17. The van der Waals surface area contributed by atoms with Gasteiger partial charge in [-0.05, 0) is 257 Å². The average Bonchev–Trinajstić information content (AvgIpc) is 1.68. The number of ether oxygens (including phenoxy) is 2. The number of hydrogen-bond acceptors (Lipinski definition) is 28. The average molecular weight is 1900 g/mol. The molecule has 0 saturated heterocycles. The maximum absolute atomic E-state index is 11.7. The second kappa shape index (κ2) is 46.6. The fraction of sp³-hybridized carbons (Fsp3) is 0.162. The highest BCUT2D eigenvalue weighted by atomic mass is 16.5. The maximum atomic E-state index is 11.7. The first kappa shape index (κ1) is 98.3. The summed E-state index contributed by atoms with van der Waals surface area (Å²) in [7, 11) is 19.6. The van der Waals surface area contributed by atoms with Gasteiger partial charge in [0.15, 0.2) is 34.6 Å². The zero-order valence-corrected chi connectivity index (χ0v) is 80.3. The molecule has 0 saturated carbocycles. The number of likely N-dealkylation sites (N-methyl/N-ethyl adjacent to an activating group) is 3. The number of aromatic nitrogens is 15. The van der Waals surface area contributed by atoms with Crippen LogP contribution in [0.4, 0.5) is 115 Å². The van der Waals surface area contributed by atoms with E-state index in [0.717, 1.165) is 129 Å². The Bertz CT molecular complexity index is 7350. The molecule has 8 aromatic carbocycles. The van der Waals surface area contributed by atoms with Crippen LogP contribution >= 0.6 is 0 Å². The van der Waals surface area contributed by atoms with Gasteiger partial charge in [0.1, 0.15) is 17.0 Å². The van der Waals surface area contributed by atoms with Crippen LogP contribution in [-0.2, 0) is 45.4 Å². The number of amides is 4. The Morgan fingerprint density at radius 2 is 0.718 bits per heavy atom. The van der Waals surface area contributed by atoms with Crippen molar-refractivity contribution in [2.45, 2.75) is 26.2 Å². The molecule has 18 aromatic rings. The van der Waals surface area contributed by atoms with Crippen LogP contribution in [0.25, 0.3) is 65.8 Å². The number of aromatic amines is 2. The van der Waals surface area contributed by atoms with E-state index in [1.54, 1.807) is 63.3 Å². The van der Waals surface area contributed by atoms with Gasteiger partial charge >= 0.3 is 0 Å². The van der Waals surface area contributed by atoms with Crippen LogP contribution in [0.5, 0.6) is 11.5 Å². The molecule has 0 spiro atoms. The van der Waals surface area contributed by atoms with Crippen molar-refractivity contribution in [1.29, 1.82) is 0 Å². The number of methoxy groups -OCH3 is 2. The quantitative estimate of drug-likeness (QED) is 0.0161. The highest BCUT2D eigenvalue weighted by Gasteiger charge is 2.19. The first-order valence-electron chi connectivity index (χ1n) is 45.3. The van der Waals surface area contributed by atoms with Crippen molar-refractivity contribution in [3.63, 3.8) is 0 Å². The number of nitrogens with one attached hydrogen (secondary N) is 14. The van der Waals surface area contributed by atoms with Gasteiger partial charge in [0.25, 0.3) is 0 Å². The predicted octanol–water partition coefficient (Wildman–Crippen LogP) is 18.9. The van der Waals surface area contributed by atoms with Gasteiger partial charge < -0.3 is 117 Å². The lowest BCUT2D eigenvalue weighted by molar-refractivity contribution is -0.112. The molecule has 0 atom stereocenters. The lowest BCUT2D eigenvalue weighted by Gasteiger charge is -2.13. The number of imidazole rings is 1. The summed E-state index contributed by atoms with van der Waals surface area (Å²) >= 11 is 0. The molecule has 722 valence electrons. The zero-order valence-electron chi connectivity index (χ0n) is 80.3. The highest BCUT2D eigenvalue weighted by molar-refractivity contribution is 6.02. The normalized spacial score (nSPS) is 11.0. The van der Waals surface area contributed by atoms with Crippen molar-refractivity contribution in [1.82, 2.24) is 93.1 Å². The summed E-state index contributed by atoms with van der Waals surface area (Å²) in [6, 6.07) is 66.2. The number of carbonyl (C=O) groups is 4. The Morgan fingerprint density at radius 3 is 1.13 bits per heavy atom. The molecule has 10 heterocycles. The summed E-state index contributed by atoms with van der Waals surface area (Å²) in [4.78, 5) is 107. The molecule has 10 aromatic heterocycles. The van der Waals surface area contributed by atoms with Crippen molar-refractivity contribution >= 4 is 205 Å². The number of anilines is 20. The van der Waals surface area contributed by atoms with Crippen LogP contribution in [0.3, 0.4) is 0 Å². The molecule has 0 aliphatic heterocycles. The SMILES string of the molecule is C=CC(=O)Nc1cccc(Nc2nc(Nc3ccc4c(ccn4CCN(C)C)c3)nc3[nH]ccc23)c1.C=CC(=O)Nc1cccc(Nc2nc(Nc3ccc4c(ccn4CCN(C)C)c3)nc3nc[nH]c23)c1.C=CC(=O)Nc1cccc(Nc2nc(Nc3ccc4c(ccn4CCN(C)C)c3)ncc2OC)c1.C=CC(=O)Nc1cccc(Nc2nc(Nc3ccc4nc(CN(C)C)ccc4c3)ncc2OC)c1. The van der Waals surface area contributed by atoms with Gasteiger partial charge in [0.05, 0.1) is 49.5 Å². The molecule has 14 N–H and O–H groups in total. The summed E-state index contributed by atoms with van der Waals surface area (Å²) in [6.07, 6.45) is 17.9. The summed E-state index contributed by atoms with van der Waals surface area (Å²) in [6.45, 7) is 20.4. The highest BCUT2D eigenvalue weighted by Crippen LogP contribution is 2.36. The number of nitrogens with zero attached hydrogens (tertiary/aromatic N) is 17. The van der Waals surface area contributed by atoms with Crippen molar-refractivity contribution < 1.29 is 28.7 Å². The lowest BCUT2D eigenvalue weighted by atomic mass is 10.2. The van der Waals surface area contributed by atoms with Crippen LogP contribution in [0.2, 0.25) is 0 Å². The smallest absolute Gasteiger partial charge is 0.247 e. The number of carbonyl (C=O) groups excluding carboxylic acids is 4. The molecule has 37 heteroatoms. The van der Waals surface area contributed by atoms with Crippen LogP contribution in [0, 0.1) is 0 Å². The number of rotatable bonds is 37. The molecule has 0 fully saturated rings. The van der Waals surface area contributed by atoms with E-state index in [1.165, 1.54) is 40.9 Å². The Kier molecular flexibility index (Phi) is 32.2. The van der Waals surface area contributed by atoms with Gasteiger partial charge in [-0.1, -0.05) is 56.6 Å². The fourth-order valence-corrected chi connectivity index (χ4v) is 14.9. The molecule has 18 rings (SSSR count). The first-order chi connectivity index (χ1) is 68.8. The van der Waals surface area contributed by atoms with Crippen LogP contribution in [0.15, 0.2) is 300 Å². The van der Waals surface area contributed by atoms with Crippen LogP contribution in [0.1, 0.15) is 5.69 Å². The van der Waals surface area contributed by atoms with Gasteiger partial charge in [-0.25, -0.2) is 15.0 Å². The molecule has 37 nitrogen and oxygen atoms in total. The first-order valence-corrected chi connectivity index (χ1v) is 45.3. The molecule has 142 heavy (non-hydrogen) atoms. The largest absolute Gasteiger partial charge is 0.491 e. The van der Waals surface area contributed by atoms with E-state index in [2.05, 4.69) is 295 Å². The molecular formula is C105H111N31O6. The number of pyridine rings is 1. The third-order valence-corrected chi connectivity index (χ3v) is 21.9. The third-order valence-electron chi connectivity index (χ3n) is 21.9. The van der Waals surface area contributed by atoms with Gasteiger partial charge in [-0.15, -0.1) is 0 Å². The van der Waals surface area contributed by atoms with Crippen molar-refractivity contribution in [2.75, 3.05) is 154 Å². The van der Waals surface area contributed by atoms with Crippen molar-refractivity contribution in [2.24, 2.45) is 0 Å². The summed E-state index contributed by atoms with van der Waals surface area (Å²) in [5.41, 5.74) is 16.5. The standard InChI is InChI=1S/C27H28N8O.C26H27N9O.C26H27N7O2.C26H29N7O2/c1-4-24(36)29-19-6-5-7-20(17-19)30-26-22-10-12-28-25(22)32-27(33-26)31-21-8-9-23-18(16-21)11-13-35(23)15-14-34(2)3;1-4-22(36)29-18-6-5-7-19(15-18)30-25-23-24(28-16-27-23)32-26(33-25)31-20-8-9-21-17(14-20)10-11-35(21)13-12-34(2)3;1-5-24(34)29-18-7-6-8-19(14-18)30-25-23(35-4)15-27-26(32-25)31-20-11-12-22-17(13-20)9-10-21(28-22)16-33(2)3;1-5-24(34)28-19-7-6-8-20(16-19)29-25-23(35-4)17-27-26(31-25)30-21-9-10-22-18(15-21)11-12-33(22)14-13-32(2)3/h4-13,16-17H,1,14-15H2,2-3H3,(H,29,36)(H3,28,30,31,32,33);4-11,14-16H,1,12-13H2,2-3H3,(H,29,36)(H3,27,28,30,31,32,33);5-15H,1,16H2,2-4H3,(H,29,34)(H2,27,30,31,32);5-12,15-17H,1,13-14H2,2-4H3,(H,28,34)(H2,27,29,30,31). The minimum Gasteiger partial charge on any atom is -0.491 e. The minimum absolute atomic E-state index is 0.265.